The molecule has 31 heavy (non-hydrogen) atoms. The summed E-state index contributed by atoms with van der Waals surface area (Å²) in [4.78, 5) is 32.9. The molecule has 1 amide bonds. The van der Waals surface area contributed by atoms with Crippen LogP contribution in [0.2, 0.25) is 0 Å². The molecule has 4 rings (SSSR count). The highest BCUT2D eigenvalue weighted by Crippen LogP contribution is 2.32. The zero-order valence-electron chi connectivity index (χ0n) is 18.2. The number of fused-ring (bicyclic) bond motifs is 1. The van der Waals surface area contributed by atoms with Crippen LogP contribution < -0.4 is 5.56 Å². The summed E-state index contributed by atoms with van der Waals surface area (Å²) in [5.74, 6) is -0.211. The Morgan fingerprint density at radius 3 is 2.35 bits per heavy atom. The summed E-state index contributed by atoms with van der Waals surface area (Å²) in [5, 5.41) is 0.679. The Morgan fingerprint density at radius 1 is 1.00 bits per heavy atom. The second-order valence-electron chi connectivity index (χ2n) is 7.86. The van der Waals surface area contributed by atoms with Gasteiger partial charge in [0.05, 0.1) is 6.04 Å². The topological polar surface area (TPSA) is 55.2 Å². The second kappa shape index (κ2) is 8.19. The number of pyridine rings is 2. The van der Waals surface area contributed by atoms with Crippen molar-refractivity contribution in [2.75, 3.05) is 7.05 Å². The highest BCUT2D eigenvalue weighted by atomic mass is 16.2. The minimum atomic E-state index is -0.282. The van der Waals surface area contributed by atoms with E-state index in [1.807, 2.05) is 74.5 Å². The summed E-state index contributed by atoms with van der Waals surface area (Å²) in [6.45, 7) is 4.01. The maximum absolute atomic E-state index is 13.8. The third-order valence-corrected chi connectivity index (χ3v) is 5.88. The van der Waals surface area contributed by atoms with Crippen molar-refractivity contribution in [3.8, 4) is 11.1 Å². The van der Waals surface area contributed by atoms with E-state index in [0.29, 0.717) is 16.6 Å². The van der Waals surface area contributed by atoms with Crippen LogP contribution in [0, 0.1) is 6.92 Å². The lowest BCUT2D eigenvalue weighted by Gasteiger charge is -2.27. The summed E-state index contributed by atoms with van der Waals surface area (Å²) in [5.41, 5.74) is 4.19. The third-order valence-electron chi connectivity index (χ3n) is 5.88. The molecule has 0 saturated heterocycles. The predicted molar refractivity (Wildman–Crippen MR) is 124 cm³/mol. The summed E-state index contributed by atoms with van der Waals surface area (Å²) >= 11 is 0. The molecule has 2 aromatic carbocycles. The third kappa shape index (κ3) is 3.63. The monoisotopic (exact) mass is 411 g/mol. The summed E-state index contributed by atoms with van der Waals surface area (Å²) < 4.78 is 1.43. The van der Waals surface area contributed by atoms with Crippen LogP contribution in [0.1, 0.15) is 34.6 Å². The van der Waals surface area contributed by atoms with Gasteiger partial charge in [-0.3, -0.25) is 14.6 Å². The van der Waals surface area contributed by atoms with Crippen LogP contribution in [0.25, 0.3) is 22.0 Å². The zero-order chi connectivity index (χ0) is 22.1. The molecule has 0 aliphatic carbocycles. The van der Waals surface area contributed by atoms with Crippen molar-refractivity contribution in [3.63, 3.8) is 0 Å². The van der Waals surface area contributed by atoms with Crippen molar-refractivity contribution < 1.29 is 4.79 Å². The molecule has 2 aromatic heterocycles. The summed E-state index contributed by atoms with van der Waals surface area (Å²) in [6.07, 6.45) is 1.60. The second-order valence-corrected chi connectivity index (χ2v) is 7.86. The van der Waals surface area contributed by atoms with Crippen molar-refractivity contribution in [2.24, 2.45) is 7.05 Å². The minimum Gasteiger partial charge on any atom is -0.334 e. The molecule has 4 aromatic rings. The Labute approximate surface area is 181 Å². The molecule has 0 fully saturated rings. The van der Waals surface area contributed by atoms with Gasteiger partial charge in [0.2, 0.25) is 0 Å². The molecule has 0 N–H and O–H groups in total. The normalized spacial score (nSPS) is 12.0. The van der Waals surface area contributed by atoms with E-state index < -0.39 is 0 Å². The SMILES string of the molecule is Cc1ccc(-c2c(C(=O)N(C)[C@@H](C)c3ccccc3)n(C)c(=O)c3ncccc23)cc1. The van der Waals surface area contributed by atoms with Crippen molar-refractivity contribution >= 4 is 16.8 Å². The zero-order valence-corrected chi connectivity index (χ0v) is 18.2. The van der Waals surface area contributed by atoms with E-state index >= 15 is 0 Å². The van der Waals surface area contributed by atoms with Gasteiger partial charge in [0.25, 0.3) is 11.5 Å². The Kier molecular flexibility index (Phi) is 5.42. The average molecular weight is 412 g/mol. The van der Waals surface area contributed by atoms with E-state index in [1.165, 1.54) is 4.57 Å². The smallest absolute Gasteiger partial charge is 0.277 e. The van der Waals surface area contributed by atoms with Gasteiger partial charge in [-0.15, -0.1) is 0 Å². The van der Waals surface area contributed by atoms with Gasteiger partial charge < -0.3 is 9.47 Å². The highest BCUT2D eigenvalue weighted by molar-refractivity contribution is 6.07. The van der Waals surface area contributed by atoms with Crippen molar-refractivity contribution in [1.82, 2.24) is 14.5 Å². The first-order valence-corrected chi connectivity index (χ1v) is 10.3. The largest absolute Gasteiger partial charge is 0.334 e. The number of amides is 1. The van der Waals surface area contributed by atoms with Gasteiger partial charge in [-0.25, -0.2) is 0 Å². The van der Waals surface area contributed by atoms with Crippen LogP contribution in [-0.2, 0) is 7.05 Å². The molecule has 0 radical (unpaired) electrons. The van der Waals surface area contributed by atoms with E-state index in [0.717, 1.165) is 22.3 Å². The quantitative estimate of drug-likeness (QED) is 0.487. The highest BCUT2D eigenvalue weighted by Gasteiger charge is 2.27. The molecule has 0 bridgehead atoms. The lowest BCUT2D eigenvalue weighted by atomic mass is 9.96. The van der Waals surface area contributed by atoms with Crippen LogP contribution in [0.15, 0.2) is 77.7 Å². The van der Waals surface area contributed by atoms with Crippen molar-refractivity contribution in [3.05, 3.63) is 100 Å². The first-order chi connectivity index (χ1) is 14.9. The Morgan fingerprint density at radius 2 is 1.68 bits per heavy atom. The fourth-order valence-electron chi connectivity index (χ4n) is 3.89. The van der Waals surface area contributed by atoms with Crippen LogP contribution >= 0.6 is 0 Å². The van der Waals surface area contributed by atoms with E-state index in [1.54, 1.807) is 31.3 Å². The van der Waals surface area contributed by atoms with Gasteiger partial charge in [0, 0.05) is 31.2 Å². The van der Waals surface area contributed by atoms with Gasteiger partial charge in [-0.2, -0.15) is 0 Å². The van der Waals surface area contributed by atoms with Crippen molar-refractivity contribution in [1.29, 1.82) is 0 Å². The van der Waals surface area contributed by atoms with Crippen LogP contribution in [0.3, 0.4) is 0 Å². The van der Waals surface area contributed by atoms with E-state index in [4.69, 9.17) is 0 Å². The number of rotatable bonds is 4. The molecule has 0 aliphatic rings. The molecule has 156 valence electrons. The number of aromatic nitrogens is 2. The lowest BCUT2D eigenvalue weighted by molar-refractivity contribution is 0.0732. The van der Waals surface area contributed by atoms with E-state index in [2.05, 4.69) is 4.98 Å². The number of carbonyl (C=O) groups is 1. The average Bonchev–Trinajstić information content (AvgIpc) is 2.81. The molecular weight excluding hydrogens is 386 g/mol. The number of hydrogen-bond acceptors (Lipinski definition) is 3. The van der Waals surface area contributed by atoms with Crippen LogP contribution in [0.5, 0.6) is 0 Å². The number of carbonyl (C=O) groups excluding carboxylic acids is 1. The van der Waals surface area contributed by atoms with Crippen molar-refractivity contribution in [2.45, 2.75) is 19.9 Å². The number of hydrogen-bond donors (Lipinski definition) is 0. The van der Waals surface area contributed by atoms with Gasteiger partial charge in [-0.1, -0.05) is 66.2 Å². The van der Waals surface area contributed by atoms with Crippen LogP contribution in [0.4, 0.5) is 0 Å². The molecule has 1 atom stereocenters. The number of aryl methyl sites for hydroxylation is 1. The lowest BCUT2D eigenvalue weighted by Crippen LogP contribution is -2.35. The molecular formula is C26H25N3O2. The fraction of sp³-hybridized carbons (Fsp3) is 0.192. The minimum absolute atomic E-state index is 0.153. The Balaban J connectivity index is 1.95. The molecule has 5 heteroatoms. The molecule has 0 spiro atoms. The molecule has 0 aliphatic heterocycles. The first kappa shape index (κ1) is 20.5. The fourth-order valence-corrected chi connectivity index (χ4v) is 3.89. The van der Waals surface area contributed by atoms with Gasteiger partial charge in [-0.05, 0) is 31.0 Å². The van der Waals surface area contributed by atoms with Gasteiger partial charge in [0.1, 0.15) is 11.2 Å². The summed E-state index contributed by atoms with van der Waals surface area (Å²) in [6, 6.07) is 21.3. The van der Waals surface area contributed by atoms with E-state index in [9.17, 15) is 9.59 Å². The Hall–Kier alpha value is -3.73. The van der Waals surface area contributed by atoms with Gasteiger partial charge in [0.15, 0.2) is 0 Å². The first-order valence-electron chi connectivity index (χ1n) is 10.3. The van der Waals surface area contributed by atoms with Crippen LogP contribution in [-0.4, -0.2) is 27.4 Å². The van der Waals surface area contributed by atoms with E-state index in [-0.39, 0.29) is 17.5 Å². The maximum atomic E-state index is 13.8. The summed E-state index contributed by atoms with van der Waals surface area (Å²) in [7, 11) is 3.42. The molecule has 0 saturated carbocycles. The number of nitrogens with zero attached hydrogens (tertiary/aromatic N) is 3. The number of benzene rings is 2. The van der Waals surface area contributed by atoms with Gasteiger partial charge >= 0.3 is 0 Å². The standard InChI is InChI=1S/C26H25N3O2/c1-17-12-14-20(15-13-17)22-21-11-8-16-27-23(21)25(30)29(4)24(22)26(31)28(3)18(2)19-9-6-5-7-10-19/h5-16,18H,1-4H3/t18-/m0/s1. The Bertz CT molecular complexity index is 1310. The maximum Gasteiger partial charge on any atom is 0.277 e. The molecule has 5 nitrogen and oxygen atoms in total. The molecule has 0 unspecified atom stereocenters. The predicted octanol–water partition coefficient (Wildman–Crippen LogP) is 4.74. The molecule has 2 heterocycles.